The Hall–Kier alpha value is -2.83. The molecule has 140 valence electrons. The Labute approximate surface area is 167 Å². The average molecular weight is 392 g/mol. The minimum Gasteiger partial charge on any atom is -0.378 e. The number of halogens is 1. The SMILES string of the molecule is Clc1cc(-c2ccc3c(c2)C(c2cc(N4CCOCC4)ncn2)=NC3)ccn1. The first kappa shape index (κ1) is 17.3. The monoisotopic (exact) mass is 391 g/mol. The molecule has 1 saturated heterocycles. The van der Waals surface area contributed by atoms with Crippen molar-refractivity contribution in [2.75, 3.05) is 31.2 Å². The van der Waals surface area contributed by atoms with Gasteiger partial charge in [0.2, 0.25) is 0 Å². The number of benzene rings is 1. The summed E-state index contributed by atoms with van der Waals surface area (Å²) >= 11 is 6.06. The van der Waals surface area contributed by atoms with Crippen LogP contribution in [0.4, 0.5) is 5.82 Å². The highest BCUT2D eigenvalue weighted by atomic mass is 35.5. The number of aliphatic imine (C=N–C) groups is 1. The van der Waals surface area contributed by atoms with E-state index in [4.69, 9.17) is 21.3 Å². The molecule has 2 aromatic heterocycles. The van der Waals surface area contributed by atoms with E-state index in [1.54, 1.807) is 12.5 Å². The molecule has 5 rings (SSSR count). The lowest BCUT2D eigenvalue weighted by atomic mass is 9.97. The first-order valence-corrected chi connectivity index (χ1v) is 9.60. The second-order valence-electron chi connectivity index (χ2n) is 6.76. The largest absolute Gasteiger partial charge is 0.378 e. The molecule has 1 fully saturated rings. The van der Waals surface area contributed by atoms with E-state index in [9.17, 15) is 0 Å². The third-order valence-electron chi connectivity index (χ3n) is 5.06. The van der Waals surface area contributed by atoms with E-state index in [1.807, 2.05) is 18.2 Å². The number of nitrogens with zero attached hydrogens (tertiary/aromatic N) is 5. The summed E-state index contributed by atoms with van der Waals surface area (Å²) in [7, 11) is 0. The van der Waals surface area contributed by atoms with Gasteiger partial charge in [-0.1, -0.05) is 23.7 Å². The molecule has 7 heteroatoms. The number of morpholine rings is 1. The summed E-state index contributed by atoms with van der Waals surface area (Å²) in [5.74, 6) is 0.918. The van der Waals surface area contributed by atoms with Crippen LogP contribution in [0.25, 0.3) is 11.1 Å². The predicted molar refractivity (Wildman–Crippen MR) is 109 cm³/mol. The van der Waals surface area contributed by atoms with Gasteiger partial charge in [0.15, 0.2) is 0 Å². The topological polar surface area (TPSA) is 63.5 Å². The van der Waals surface area contributed by atoms with Gasteiger partial charge in [0.1, 0.15) is 17.3 Å². The number of fused-ring (bicyclic) bond motifs is 1. The number of pyridine rings is 1. The maximum absolute atomic E-state index is 6.06. The molecule has 0 aliphatic carbocycles. The van der Waals surface area contributed by atoms with Crippen LogP contribution in [0.15, 0.2) is 53.9 Å². The Morgan fingerprint density at radius 3 is 2.64 bits per heavy atom. The van der Waals surface area contributed by atoms with E-state index >= 15 is 0 Å². The highest BCUT2D eigenvalue weighted by Crippen LogP contribution is 2.29. The Kier molecular flexibility index (Phi) is 4.50. The van der Waals surface area contributed by atoms with E-state index < -0.39 is 0 Å². The fraction of sp³-hybridized carbons (Fsp3) is 0.238. The molecule has 1 aromatic carbocycles. The van der Waals surface area contributed by atoms with Crippen molar-refractivity contribution >= 4 is 23.1 Å². The molecule has 28 heavy (non-hydrogen) atoms. The molecule has 0 N–H and O–H groups in total. The number of aromatic nitrogens is 3. The van der Waals surface area contributed by atoms with E-state index in [1.165, 1.54) is 5.56 Å². The van der Waals surface area contributed by atoms with Crippen molar-refractivity contribution < 1.29 is 4.74 Å². The molecule has 2 aliphatic heterocycles. The summed E-state index contributed by atoms with van der Waals surface area (Å²) < 4.78 is 5.44. The summed E-state index contributed by atoms with van der Waals surface area (Å²) in [5, 5.41) is 0.484. The molecule has 6 nitrogen and oxygen atoms in total. The number of hydrogen-bond donors (Lipinski definition) is 0. The Balaban J connectivity index is 1.50. The molecule has 0 bridgehead atoms. The van der Waals surface area contributed by atoms with Gasteiger partial charge < -0.3 is 9.64 Å². The maximum atomic E-state index is 6.06. The number of hydrogen-bond acceptors (Lipinski definition) is 6. The Bertz CT molecular complexity index is 1060. The van der Waals surface area contributed by atoms with Gasteiger partial charge in [-0.15, -0.1) is 0 Å². The summed E-state index contributed by atoms with van der Waals surface area (Å²) in [4.78, 5) is 20.0. The summed E-state index contributed by atoms with van der Waals surface area (Å²) in [6.45, 7) is 3.79. The Morgan fingerprint density at radius 2 is 1.79 bits per heavy atom. The van der Waals surface area contributed by atoms with Gasteiger partial charge in [0, 0.05) is 30.9 Å². The highest BCUT2D eigenvalue weighted by molar-refractivity contribution is 6.29. The van der Waals surface area contributed by atoms with Crippen molar-refractivity contribution in [2.24, 2.45) is 4.99 Å². The molecular weight excluding hydrogens is 374 g/mol. The second kappa shape index (κ2) is 7.30. The lowest BCUT2D eigenvalue weighted by Gasteiger charge is -2.27. The molecular formula is C21H18ClN5O. The van der Waals surface area contributed by atoms with Gasteiger partial charge in [0.25, 0.3) is 0 Å². The van der Waals surface area contributed by atoms with Crippen LogP contribution in [0.1, 0.15) is 16.8 Å². The van der Waals surface area contributed by atoms with Crippen LogP contribution >= 0.6 is 11.6 Å². The number of rotatable bonds is 3. The normalized spacial score (nSPS) is 16.0. The van der Waals surface area contributed by atoms with E-state index in [2.05, 4.69) is 38.1 Å². The zero-order chi connectivity index (χ0) is 18.9. The van der Waals surface area contributed by atoms with E-state index in [0.29, 0.717) is 11.7 Å². The van der Waals surface area contributed by atoms with Gasteiger partial charge in [-0.25, -0.2) is 15.0 Å². The molecule has 0 amide bonds. The smallest absolute Gasteiger partial charge is 0.132 e. The fourth-order valence-corrected chi connectivity index (χ4v) is 3.78. The standard InChI is InChI=1S/C21H18ClN5O/c22-19-10-15(3-4-23-19)14-1-2-16-12-24-21(17(16)9-14)18-11-20(26-13-25-18)27-5-7-28-8-6-27/h1-4,9-11,13H,5-8,12H2. The van der Waals surface area contributed by atoms with Gasteiger partial charge >= 0.3 is 0 Å². The van der Waals surface area contributed by atoms with Crippen molar-refractivity contribution in [2.45, 2.75) is 6.54 Å². The molecule has 0 atom stereocenters. The van der Waals surface area contributed by atoms with Crippen LogP contribution in [0.2, 0.25) is 5.15 Å². The summed E-state index contributed by atoms with van der Waals surface area (Å²) in [5.41, 5.74) is 6.18. The molecule has 0 unspecified atom stereocenters. The van der Waals surface area contributed by atoms with Crippen LogP contribution in [0.5, 0.6) is 0 Å². The van der Waals surface area contributed by atoms with Crippen molar-refractivity contribution in [3.05, 3.63) is 70.9 Å². The molecule has 4 heterocycles. The molecule has 0 radical (unpaired) electrons. The first-order valence-electron chi connectivity index (χ1n) is 9.23. The van der Waals surface area contributed by atoms with Crippen LogP contribution < -0.4 is 4.90 Å². The van der Waals surface area contributed by atoms with Crippen LogP contribution in [0.3, 0.4) is 0 Å². The second-order valence-corrected chi connectivity index (χ2v) is 7.15. The minimum atomic E-state index is 0.484. The third kappa shape index (κ3) is 3.25. The zero-order valence-corrected chi connectivity index (χ0v) is 15.9. The van der Waals surface area contributed by atoms with Crippen molar-refractivity contribution in [3.8, 4) is 11.1 Å². The quantitative estimate of drug-likeness (QED) is 0.640. The van der Waals surface area contributed by atoms with Crippen molar-refractivity contribution in [1.29, 1.82) is 0 Å². The van der Waals surface area contributed by atoms with Gasteiger partial charge in [-0.3, -0.25) is 4.99 Å². The average Bonchev–Trinajstić information content (AvgIpc) is 3.18. The Morgan fingerprint density at radius 1 is 0.929 bits per heavy atom. The molecule has 2 aliphatic rings. The van der Waals surface area contributed by atoms with E-state index in [-0.39, 0.29) is 0 Å². The molecule has 3 aromatic rings. The number of ether oxygens (including phenoxy) is 1. The summed E-state index contributed by atoms with van der Waals surface area (Å²) in [6, 6.07) is 12.2. The molecule has 0 saturated carbocycles. The van der Waals surface area contributed by atoms with Crippen LogP contribution in [0, 0.1) is 0 Å². The lowest BCUT2D eigenvalue weighted by Crippen LogP contribution is -2.36. The lowest BCUT2D eigenvalue weighted by molar-refractivity contribution is 0.122. The van der Waals surface area contributed by atoms with Gasteiger partial charge in [-0.05, 0) is 34.9 Å². The highest BCUT2D eigenvalue weighted by Gasteiger charge is 2.21. The van der Waals surface area contributed by atoms with Gasteiger partial charge in [-0.2, -0.15) is 0 Å². The molecule has 0 spiro atoms. The zero-order valence-electron chi connectivity index (χ0n) is 15.2. The number of anilines is 1. The van der Waals surface area contributed by atoms with Crippen LogP contribution in [-0.4, -0.2) is 47.0 Å². The predicted octanol–water partition coefficient (Wildman–Crippen LogP) is 3.38. The third-order valence-corrected chi connectivity index (χ3v) is 5.27. The first-order chi connectivity index (χ1) is 13.8. The van der Waals surface area contributed by atoms with Crippen molar-refractivity contribution in [3.63, 3.8) is 0 Å². The van der Waals surface area contributed by atoms with E-state index in [0.717, 1.165) is 60.2 Å². The maximum Gasteiger partial charge on any atom is 0.132 e. The van der Waals surface area contributed by atoms with Gasteiger partial charge in [0.05, 0.1) is 31.2 Å². The minimum absolute atomic E-state index is 0.484. The fourth-order valence-electron chi connectivity index (χ4n) is 3.61. The van der Waals surface area contributed by atoms with Crippen LogP contribution in [-0.2, 0) is 11.3 Å². The van der Waals surface area contributed by atoms with Crippen molar-refractivity contribution in [1.82, 2.24) is 15.0 Å². The summed E-state index contributed by atoms with van der Waals surface area (Å²) in [6.07, 6.45) is 3.34.